The summed E-state index contributed by atoms with van der Waals surface area (Å²) in [5.41, 5.74) is 0.718. The van der Waals surface area contributed by atoms with E-state index in [9.17, 15) is 9.18 Å². The average molecular weight is 264 g/mol. The highest BCUT2D eigenvalue weighted by Crippen LogP contribution is 2.28. The number of aromatic nitrogens is 2. The number of aryl methyl sites for hydroxylation is 1. The zero-order valence-corrected chi connectivity index (χ0v) is 10.8. The summed E-state index contributed by atoms with van der Waals surface area (Å²) in [5, 5.41) is 9.14. The van der Waals surface area contributed by atoms with E-state index in [2.05, 4.69) is 4.98 Å². The fourth-order valence-electron chi connectivity index (χ4n) is 1.90. The molecule has 0 aliphatic carbocycles. The Morgan fingerprint density at radius 2 is 2.16 bits per heavy atom. The van der Waals surface area contributed by atoms with Gasteiger partial charge in [0.15, 0.2) is 17.3 Å². The van der Waals surface area contributed by atoms with Gasteiger partial charge in [-0.1, -0.05) is 0 Å². The molecule has 1 aromatic heterocycles. The van der Waals surface area contributed by atoms with Crippen LogP contribution in [0.15, 0.2) is 18.2 Å². The molecular weight excluding hydrogens is 251 g/mol. The van der Waals surface area contributed by atoms with Crippen molar-refractivity contribution in [2.75, 3.05) is 7.11 Å². The summed E-state index contributed by atoms with van der Waals surface area (Å²) in [5.74, 6) is -1.03. The molecule has 1 aromatic carbocycles. The van der Waals surface area contributed by atoms with Crippen LogP contribution in [0.4, 0.5) is 4.39 Å². The number of aromatic carboxylic acids is 1. The van der Waals surface area contributed by atoms with Gasteiger partial charge in [0.25, 0.3) is 0 Å². The second kappa shape index (κ2) is 4.72. The summed E-state index contributed by atoms with van der Waals surface area (Å²) in [6.45, 7) is 1.69. The minimum absolute atomic E-state index is 0.0930. The van der Waals surface area contributed by atoms with Crippen molar-refractivity contribution in [1.29, 1.82) is 0 Å². The maximum atomic E-state index is 13.7. The van der Waals surface area contributed by atoms with Gasteiger partial charge in [-0.3, -0.25) is 0 Å². The van der Waals surface area contributed by atoms with E-state index < -0.39 is 11.8 Å². The van der Waals surface area contributed by atoms with Gasteiger partial charge in [-0.2, -0.15) is 0 Å². The van der Waals surface area contributed by atoms with Crippen LogP contribution in [0.25, 0.3) is 11.3 Å². The van der Waals surface area contributed by atoms with E-state index in [0.29, 0.717) is 17.1 Å². The minimum atomic E-state index is -1.14. The lowest BCUT2D eigenvalue weighted by molar-refractivity contribution is 0.0691. The number of carboxylic acids is 1. The first kappa shape index (κ1) is 13.1. The molecule has 2 aromatic rings. The molecule has 100 valence electrons. The number of hydrogen-bond acceptors (Lipinski definition) is 3. The smallest absolute Gasteiger partial charge is 0.356 e. The van der Waals surface area contributed by atoms with E-state index in [1.165, 1.54) is 19.2 Å². The largest absolute Gasteiger partial charge is 0.494 e. The summed E-state index contributed by atoms with van der Waals surface area (Å²) in [7, 11) is 3.06. The second-order valence-electron chi connectivity index (χ2n) is 4.07. The molecule has 0 bridgehead atoms. The number of benzene rings is 1. The number of carbonyl (C=O) groups is 1. The predicted octanol–water partition coefficient (Wildman–Crippen LogP) is 2.24. The number of nitrogens with zero attached hydrogens (tertiary/aromatic N) is 2. The van der Waals surface area contributed by atoms with Gasteiger partial charge in [0.1, 0.15) is 5.82 Å². The fourth-order valence-corrected chi connectivity index (χ4v) is 1.90. The first-order valence-corrected chi connectivity index (χ1v) is 5.56. The van der Waals surface area contributed by atoms with E-state index in [-0.39, 0.29) is 11.4 Å². The van der Waals surface area contributed by atoms with E-state index in [4.69, 9.17) is 9.84 Å². The van der Waals surface area contributed by atoms with Crippen LogP contribution in [0.1, 0.15) is 16.3 Å². The molecule has 0 aliphatic rings. The van der Waals surface area contributed by atoms with Gasteiger partial charge >= 0.3 is 5.97 Å². The predicted molar refractivity (Wildman–Crippen MR) is 66.9 cm³/mol. The van der Waals surface area contributed by atoms with Crippen molar-refractivity contribution < 1.29 is 19.0 Å². The zero-order valence-electron chi connectivity index (χ0n) is 10.8. The molecule has 0 atom stereocenters. The summed E-state index contributed by atoms with van der Waals surface area (Å²) in [6.07, 6.45) is 0. The maximum absolute atomic E-state index is 13.7. The summed E-state index contributed by atoms with van der Waals surface area (Å²) in [6, 6.07) is 4.30. The van der Waals surface area contributed by atoms with E-state index in [0.717, 1.165) is 0 Å². The molecule has 19 heavy (non-hydrogen) atoms. The third-order valence-electron chi connectivity index (χ3n) is 2.95. The van der Waals surface area contributed by atoms with Crippen LogP contribution in [-0.2, 0) is 7.05 Å². The molecule has 0 saturated carbocycles. The number of ether oxygens (including phenoxy) is 1. The molecule has 6 heteroatoms. The Kier molecular flexibility index (Phi) is 3.25. The highest BCUT2D eigenvalue weighted by Gasteiger charge is 2.20. The van der Waals surface area contributed by atoms with Crippen LogP contribution < -0.4 is 4.74 Å². The highest BCUT2D eigenvalue weighted by molar-refractivity contribution is 5.93. The Balaban J connectivity index is 2.64. The van der Waals surface area contributed by atoms with Crippen molar-refractivity contribution >= 4 is 5.97 Å². The molecule has 0 fully saturated rings. The molecule has 0 saturated heterocycles. The monoisotopic (exact) mass is 264 g/mol. The van der Waals surface area contributed by atoms with E-state index >= 15 is 0 Å². The average Bonchev–Trinajstić information content (AvgIpc) is 2.66. The van der Waals surface area contributed by atoms with Gasteiger partial charge in [0, 0.05) is 12.6 Å². The molecule has 0 amide bonds. The Labute approximate surface area is 109 Å². The van der Waals surface area contributed by atoms with Gasteiger partial charge < -0.3 is 14.4 Å². The standard InChI is InChI=1S/C13H13FN2O3/c1-7-15-11(13(17)18)12(16(7)2)8-4-5-10(19-3)9(14)6-8/h4-6H,1-3H3,(H,17,18). The van der Waals surface area contributed by atoms with Crippen molar-refractivity contribution in [2.24, 2.45) is 7.05 Å². The molecule has 1 N–H and O–H groups in total. The zero-order chi connectivity index (χ0) is 14.2. The summed E-state index contributed by atoms with van der Waals surface area (Å²) in [4.78, 5) is 15.1. The Morgan fingerprint density at radius 3 is 2.68 bits per heavy atom. The van der Waals surface area contributed by atoms with Crippen LogP contribution in [0, 0.1) is 12.7 Å². The second-order valence-corrected chi connectivity index (χ2v) is 4.07. The lowest BCUT2D eigenvalue weighted by Crippen LogP contribution is -2.02. The van der Waals surface area contributed by atoms with Crippen LogP contribution >= 0.6 is 0 Å². The molecule has 2 rings (SSSR count). The maximum Gasteiger partial charge on any atom is 0.356 e. The SMILES string of the molecule is COc1ccc(-c2c(C(=O)O)nc(C)n2C)cc1F. The normalized spacial score (nSPS) is 10.5. The number of hydrogen-bond donors (Lipinski definition) is 1. The number of halogens is 1. The molecular formula is C13H13FN2O3. The van der Waals surface area contributed by atoms with Gasteiger partial charge in [-0.15, -0.1) is 0 Å². The first-order valence-electron chi connectivity index (χ1n) is 5.56. The van der Waals surface area contributed by atoms with Crippen LogP contribution in [0.5, 0.6) is 5.75 Å². The lowest BCUT2D eigenvalue weighted by Gasteiger charge is -2.07. The quantitative estimate of drug-likeness (QED) is 0.923. The summed E-state index contributed by atoms with van der Waals surface area (Å²) < 4.78 is 20.2. The van der Waals surface area contributed by atoms with Crippen molar-refractivity contribution in [3.05, 3.63) is 35.5 Å². The first-order chi connectivity index (χ1) is 8.95. The van der Waals surface area contributed by atoms with Gasteiger partial charge in [-0.05, 0) is 25.1 Å². The Hall–Kier alpha value is -2.37. The number of imidazole rings is 1. The van der Waals surface area contributed by atoms with Gasteiger partial charge in [0.05, 0.1) is 12.8 Å². The van der Waals surface area contributed by atoms with Gasteiger partial charge in [-0.25, -0.2) is 14.2 Å². The third kappa shape index (κ3) is 2.16. The molecule has 0 radical (unpaired) electrons. The van der Waals surface area contributed by atoms with Crippen LogP contribution in [0.2, 0.25) is 0 Å². The molecule has 5 nitrogen and oxygen atoms in total. The van der Waals surface area contributed by atoms with Crippen molar-refractivity contribution in [3.63, 3.8) is 0 Å². The van der Waals surface area contributed by atoms with Crippen molar-refractivity contribution in [3.8, 4) is 17.0 Å². The summed E-state index contributed by atoms with van der Waals surface area (Å²) >= 11 is 0. The van der Waals surface area contributed by atoms with E-state index in [1.807, 2.05) is 0 Å². The topological polar surface area (TPSA) is 64.3 Å². The van der Waals surface area contributed by atoms with Crippen LogP contribution in [0.3, 0.4) is 0 Å². The van der Waals surface area contributed by atoms with Crippen LogP contribution in [-0.4, -0.2) is 27.7 Å². The molecule has 0 unspecified atom stereocenters. The van der Waals surface area contributed by atoms with Crippen molar-refractivity contribution in [2.45, 2.75) is 6.92 Å². The Bertz CT molecular complexity index is 650. The van der Waals surface area contributed by atoms with Crippen molar-refractivity contribution in [1.82, 2.24) is 9.55 Å². The fraction of sp³-hybridized carbons (Fsp3) is 0.231. The van der Waals surface area contributed by atoms with E-state index in [1.54, 1.807) is 24.6 Å². The highest BCUT2D eigenvalue weighted by atomic mass is 19.1. The number of methoxy groups -OCH3 is 1. The Morgan fingerprint density at radius 1 is 1.47 bits per heavy atom. The number of carboxylic acid groups (broad SMARTS) is 1. The molecule has 1 heterocycles. The number of rotatable bonds is 3. The van der Waals surface area contributed by atoms with Gasteiger partial charge in [0.2, 0.25) is 0 Å². The lowest BCUT2D eigenvalue weighted by atomic mass is 10.1. The molecule has 0 spiro atoms. The minimum Gasteiger partial charge on any atom is -0.494 e. The molecule has 0 aliphatic heterocycles. The third-order valence-corrected chi connectivity index (χ3v) is 2.95.